The molecule has 0 saturated carbocycles. The molecule has 0 radical (unpaired) electrons. The van der Waals surface area contributed by atoms with Crippen LogP contribution in [0.4, 0.5) is 0 Å². The van der Waals surface area contributed by atoms with Gasteiger partial charge in [-0.2, -0.15) is 5.26 Å². The minimum atomic E-state index is 0.243. The summed E-state index contributed by atoms with van der Waals surface area (Å²) in [5.41, 5.74) is 1.84. The second-order valence-corrected chi connectivity index (χ2v) is 4.37. The van der Waals surface area contributed by atoms with E-state index in [0.29, 0.717) is 18.8 Å². The van der Waals surface area contributed by atoms with E-state index in [-0.39, 0.29) is 6.04 Å². The van der Waals surface area contributed by atoms with Crippen LogP contribution in [0.5, 0.6) is 0 Å². The zero-order valence-corrected chi connectivity index (χ0v) is 11.7. The Balaban J connectivity index is 2.20. The normalized spacial score (nSPS) is 12.1. The molecule has 0 aromatic heterocycles. The van der Waals surface area contributed by atoms with Crippen LogP contribution in [0.2, 0.25) is 0 Å². The van der Waals surface area contributed by atoms with Crippen molar-refractivity contribution in [1.82, 2.24) is 5.32 Å². The summed E-state index contributed by atoms with van der Waals surface area (Å²) >= 11 is 0. The lowest BCUT2D eigenvalue weighted by atomic mass is 10.1. The molecule has 1 atom stereocenters. The number of benzene rings is 1. The number of nitrogens with one attached hydrogen (secondary N) is 1. The zero-order valence-electron chi connectivity index (χ0n) is 11.7. The van der Waals surface area contributed by atoms with Gasteiger partial charge < -0.3 is 14.8 Å². The highest BCUT2D eigenvalue weighted by Gasteiger charge is 2.04. The predicted octanol–water partition coefficient (Wildman–Crippen LogP) is 2.26. The Labute approximate surface area is 115 Å². The third-order valence-corrected chi connectivity index (χ3v) is 2.86. The average Bonchev–Trinajstić information content (AvgIpc) is 2.46. The van der Waals surface area contributed by atoms with Crippen LogP contribution in [0.25, 0.3) is 0 Å². The summed E-state index contributed by atoms with van der Waals surface area (Å²) in [4.78, 5) is 0. The van der Waals surface area contributed by atoms with Gasteiger partial charge in [0.15, 0.2) is 0 Å². The largest absolute Gasteiger partial charge is 0.382 e. The van der Waals surface area contributed by atoms with Gasteiger partial charge in [-0.3, -0.25) is 0 Å². The molecule has 0 aliphatic carbocycles. The van der Waals surface area contributed by atoms with E-state index in [9.17, 15) is 0 Å². The molecule has 0 aliphatic heterocycles. The molecule has 1 rings (SSSR count). The van der Waals surface area contributed by atoms with E-state index in [1.165, 1.54) is 0 Å². The third-order valence-electron chi connectivity index (χ3n) is 2.86. The first-order chi connectivity index (χ1) is 9.27. The van der Waals surface area contributed by atoms with Crippen molar-refractivity contribution in [2.75, 3.05) is 33.5 Å². The van der Waals surface area contributed by atoms with Gasteiger partial charge in [-0.05, 0) is 37.6 Å². The van der Waals surface area contributed by atoms with Crippen LogP contribution in [0, 0.1) is 11.3 Å². The minimum absolute atomic E-state index is 0.243. The molecule has 4 heteroatoms. The van der Waals surface area contributed by atoms with Gasteiger partial charge in [0.25, 0.3) is 0 Å². The molecule has 0 saturated heterocycles. The molecule has 0 fully saturated rings. The molecule has 1 aromatic rings. The summed E-state index contributed by atoms with van der Waals surface area (Å²) in [6, 6.07) is 10.1. The van der Waals surface area contributed by atoms with Crippen molar-refractivity contribution in [3.05, 3.63) is 35.4 Å². The fourth-order valence-electron chi connectivity index (χ4n) is 1.73. The molecule has 0 heterocycles. The quantitative estimate of drug-likeness (QED) is 0.694. The molecule has 1 unspecified atom stereocenters. The number of rotatable bonds is 9. The highest BCUT2D eigenvalue weighted by atomic mass is 16.5. The molecular formula is C15H22N2O2. The van der Waals surface area contributed by atoms with Crippen molar-refractivity contribution in [1.29, 1.82) is 5.26 Å². The van der Waals surface area contributed by atoms with Crippen LogP contribution in [-0.2, 0) is 9.47 Å². The third kappa shape index (κ3) is 6.35. The van der Waals surface area contributed by atoms with Gasteiger partial charge in [0.05, 0.1) is 24.8 Å². The maximum atomic E-state index is 8.86. The van der Waals surface area contributed by atoms with Gasteiger partial charge in [-0.1, -0.05) is 12.1 Å². The van der Waals surface area contributed by atoms with Crippen LogP contribution < -0.4 is 5.32 Å². The van der Waals surface area contributed by atoms with Crippen molar-refractivity contribution in [3.8, 4) is 6.07 Å². The highest BCUT2D eigenvalue weighted by Crippen LogP contribution is 2.13. The van der Waals surface area contributed by atoms with Crippen molar-refractivity contribution in [3.63, 3.8) is 0 Å². The Morgan fingerprint density at radius 3 is 2.89 bits per heavy atom. The van der Waals surface area contributed by atoms with Gasteiger partial charge in [0, 0.05) is 19.8 Å². The van der Waals surface area contributed by atoms with E-state index in [2.05, 4.69) is 18.3 Å². The molecular weight excluding hydrogens is 240 g/mol. The zero-order chi connectivity index (χ0) is 13.9. The summed E-state index contributed by atoms with van der Waals surface area (Å²) in [7, 11) is 1.67. The van der Waals surface area contributed by atoms with Crippen molar-refractivity contribution in [2.45, 2.75) is 19.4 Å². The Kier molecular flexibility index (Phi) is 7.83. The van der Waals surface area contributed by atoms with Gasteiger partial charge in [-0.25, -0.2) is 0 Å². The van der Waals surface area contributed by atoms with Crippen molar-refractivity contribution in [2.24, 2.45) is 0 Å². The van der Waals surface area contributed by atoms with Gasteiger partial charge in [-0.15, -0.1) is 0 Å². The maximum absolute atomic E-state index is 8.86. The van der Waals surface area contributed by atoms with Crippen LogP contribution in [-0.4, -0.2) is 33.5 Å². The first-order valence-electron chi connectivity index (χ1n) is 6.58. The summed E-state index contributed by atoms with van der Waals surface area (Å²) in [5, 5.41) is 12.3. The van der Waals surface area contributed by atoms with Crippen LogP contribution in [0.1, 0.15) is 30.5 Å². The first-order valence-corrected chi connectivity index (χ1v) is 6.58. The molecule has 19 heavy (non-hydrogen) atoms. The number of ether oxygens (including phenoxy) is 2. The number of nitrogens with zero attached hydrogens (tertiary/aromatic N) is 1. The second kappa shape index (κ2) is 9.51. The molecule has 4 nitrogen and oxygen atoms in total. The second-order valence-electron chi connectivity index (χ2n) is 4.37. The lowest BCUT2D eigenvalue weighted by Crippen LogP contribution is -2.21. The van der Waals surface area contributed by atoms with Gasteiger partial charge in [0.2, 0.25) is 0 Å². The summed E-state index contributed by atoms with van der Waals surface area (Å²) in [5.74, 6) is 0. The number of methoxy groups -OCH3 is 1. The molecule has 1 N–H and O–H groups in total. The predicted molar refractivity (Wildman–Crippen MR) is 74.9 cm³/mol. The van der Waals surface area contributed by atoms with Gasteiger partial charge >= 0.3 is 0 Å². The summed E-state index contributed by atoms with van der Waals surface area (Å²) < 4.78 is 10.3. The van der Waals surface area contributed by atoms with Crippen LogP contribution >= 0.6 is 0 Å². The number of hydrogen-bond donors (Lipinski definition) is 1. The highest BCUT2D eigenvalue weighted by molar-refractivity contribution is 5.33. The van der Waals surface area contributed by atoms with E-state index < -0.39 is 0 Å². The average molecular weight is 262 g/mol. The van der Waals surface area contributed by atoms with Crippen LogP contribution in [0.15, 0.2) is 24.3 Å². The summed E-state index contributed by atoms with van der Waals surface area (Å²) in [6.45, 7) is 5.02. The lowest BCUT2D eigenvalue weighted by Gasteiger charge is -2.14. The molecule has 0 amide bonds. The first kappa shape index (κ1) is 15.6. The lowest BCUT2D eigenvalue weighted by molar-refractivity contribution is 0.0693. The van der Waals surface area contributed by atoms with E-state index in [4.69, 9.17) is 14.7 Å². The Hall–Kier alpha value is -1.41. The topological polar surface area (TPSA) is 54.3 Å². The molecule has 1 aromatic carbocycles. The fraction of sp³-hybridized carbons (Fsp3) is 0.533. The molecule has 0 bridgehead atoms. The monoisotopic (exact) mass is 262 g/mol. The van der Waals surface area contributed by atoms with E-state index in [0.717, 1.165) is 25.1 Å². The van der Waals surface area contributed by atoms with Crippen molar-refractivity contribution < 1.29 is 9.47 Å². The SMILES string of the molecule is COCCOCCCNC(C)c1cccc(C#N)c1. The molecule has 0 aliphatic rings. The maximum Gasteiger partial charge on any atom is 0.0991 e. The van der Waals surface area contributed by atoms with Crippen LogP contribution in [0.3, 0.4) is 0 Å². The Morgan fingerprint density at radius 2 is 2.16 bits per heavy atom. The van der Waals surface area contributed by atoms with E-state index in [1.807, 2.05) is 24.3 Å². The Morgan fingerprint density at radius 1 is 1.32 bits per heavy atom. The Bertz CT molecular complexity index is 401. The van der Waals surface area contributed by atoms with E-state index in [1.54, 1.807) is 7.11 Å². The van der Waals surface area contributed by atoms with Gasteiger partial charge in [0.1, 0.15) is 0 Å². The fourth-order valence-corrected chi connectivity index (χ4v) is 1.73. The molecule has 104 valence electrons. The number of hydrogen-bond acceptors (Lipinski definition) is 4. The van der Waals surface area contributed by atoms with E-state index >= 15 is 0 Å². The number of nitriles is 1. The minimum Gasteiger partial charge on any atom is -0.382 e. The smallest absolute Gasteiger partial charge is 0.0991 e. The summed E-state index contributed by atoms with van der Waals surface area (Å²) in [6.07, 6.45) is 0.964. The standard InChI is InChI=1S/C15H22N2O2/c1-13(15-6-3-5-14(11-15)12-16)17-7-4-8-19-10-9-18-2/h3,5-6,11,13,17H,4,7-10H2,1-2H3. The molecule has 0 spiro atoms. The van der Waals surface area contributed by atoms with Crippen molar-refractivity contribution >= 4 is 0 Å².